The molecule has 32 heavy (non-hydrogen) atoms. The molecule has 0 aliphatic rings. The van der Waals surface area contributed by atoms with Gasteiger partial charge >= 0.3 is 0 Å². The Labute approximate surface area is 188 Å². The van der Waals surface area contributed by atoms with Gasteiger partial charge in [-0.15, -0.1) is 0 Å². The third kappa shape index (κ3) is 8.39. The van der Waals surface area contributed by atoms with Crippen LogP contribution in [-0.2, 0) is 27.2 Å². The minimum atomic E-state index is -0.767. The summed E-state index contributed by atoms with van der Waals surface area (Å²) < 4.78 is 0. The molecule has 8 nitrogen and oxygen atoms in total. The van der Waals surface area contributed by atoms with Crippen molar-refractivity contribution in [2.45, 2.75) is 51.2 Å². The summed E-state index contributed by atoms with van der Waals surface area (Å²) in [7, 11) is 0. The Bertz CT molecular complexity index is 913. The van der Waals surface area contributed by atoms with Crippen molar-refractivity contribution in [1.29, 1.82) is 0 Å². The fourth-order valence-corrected chi connectivity index (χ4v) is 3.19. The number of rotatable bonds is 10. The molecule has 2 aromatic rings. The highest BCUT2D eigenvalue weighted by Crippen LogP contribution is 2.11. The fourth-order valence-electron chi connectivity index (χ4n) is 3.19. The largest absolute Gasteiger partial charge is 0.508 e. The Morgan fingerprint density at radius 2 is 1.53 bits per heavy atom. The lowest BCUT2D eigenvalue weighted by Crippen LogP contribution is -2.58. The van der Waals surface area contributed by atoms with E-state index >= 15 is 0 Å². The number of hydrogen-bond acceptors (Lipinski definition) is 5. The van der Waals surface area contributed by atoms with Gasteiger partial charge in [-0.1, -0.05) is 42.5 Å². The number of amides is 3. The lowest BCUT2D eigenvalue weighted by atomic mass is 10.0. The van der Waals surface area contributed by atoms with Crippen molar-refractivity contribution in [1.82, 2.24) is 16.0 Å². The highest BCUT2D eigenvalue weighted by atomic mass is 16.3. The zero-order valence-electron chi connectivity index (χ0n) is 18.7. The van der Waals surface area contributed by atoms with Crippen LogP contribution in [0.4, 0.5) is 0 Å². The van der Waals surface area contributed by atoms with Crippen molar-refractivity contribution in [3.8, 4) is 5.75 Å². The zero-order valence-corrected chi connectivity index (χ0v) is 18.7. The maximum atomic E-state index is 12.9. The number of benzene rings is 2. The molecule has 8 heteroatoms. The number of phenols is 1. The molecule has 0 aliphatic heterocycles. The van der Waals surface area contributed by atoms with E-state index in [1.807, 2.05) is 30.3 Å². The fraction of sp³-hybridized carbons (Fsp3) is 0.375. The van der Waals surface area contributed by atoms with E-state index in [1.165, 1.54) is 6.92 Å². The average Bonchev–Trinajstić information content (AvgIpc) is 2.73. The van der Waals surface area contributed by atoms with E-state index < -0.39 is 17.6 Å². The Morgan fingerprint density at radius 1 is 0.938 bits per heavy atom. The Hall–Kier alpha value is -3.39. The summed E-state index contributed by atoms with van der Waals surface area (Å²) in [6.45, 7) is 5.10. The van der Waals surface area contributed by atoms with Gasteiger partial charge in [-0.05, 0) is 43.5 Å². The van der Waals surface area contributed by atoms with Crippen LogP contribution in [0.15, 0.2) is 54.6 Å². The number of phenolic OH excluding ortho intramolecular Hbond substituents is 1. The molecular weight excluding hydrogens is 408 g/mol. The Balaban J connectivity index is 1.91. The van der Waals surface area contributed by atoms with Gasteiger partial charge in [-0.25, -0.2) is 0 Å². The predicted molar refractivity (Wildman–Crippen MR) is 123 cm³/mol. The first kappa shape index (κ1) is 24.9. The molecule has 6 N–H and O–H groups in total. The van der Waals surface area contributed by atoms with E-state index in [4.69, 9.17) is 5.73 Å². The minimum absolute atomic E-state index is 0.147. The van der Waals surface area contributed by atoms with Crippen molar-refractivity contribution < 1.29 is 19.5 Å². The van der Waals surface area contributed by atoms with Crippen molar-refractivity contribution in [3.63, 3.8) is 0 Å². The van der Waals surface area contributed by atoms with Gasteiger partial charge in [0.1, 0.15) is 11.8 Å². The van der Waals surface area contributed by atoms with Crippen LogP contribution in [0.2, 0.25) is 0 Å². The van der Waals surface area contributed by atoms with Crippen LogP contribution in [0, 0.1) is 0 Å². The number of carbonyl (C=O) groups is 3. The molecule has 3 amide bonds. The second-order valence-electron chi connectivity index (χ2n) is 8.51. The van der Waals surface area contributed by atoms with E-state index in [2.05, 4.69) is 16.0 Å². The first-order valence-electron chi connectivity index (χ1n) is 10.5. The number of nitrogens with two attached hydrogens (primary N) is 1. The summed E-state index contributed by atoms with van der Waals surface area (Å²) in [6, 6.07) is 14.4. The SMILES string of the molecule is CC(=O)N[C@@H](Cc1ccccc1)C(=O)NC(C)(C)CNC(=O)C(N)Cc1ccc(O)cc1. The van der Waals surface area contributed by atoms with Crippen molar-refractivity contribution >= 4 is 17.7 Å². The molecule has 0 saturated heterocycles. The van der Waals surface area contributed by atoms with Gasteiger partial charge in [0.15, 0.2) is 0 Å². The molecule has 0 bridgehead atoms. The average molecular weight is 441 g/mol. The highest BCUT2D eigenvalue weighted by molar-refractivity contribution is 5.87. The van der Waals surface area contributed by atoms with Crippen LogP contribution in [-0.4, -0.2) is 47.0 Å². The molecule has 0 aliphatic carbocycles. The molecule has 0 spiro atoms. The highest BCUT2D eigenvalue weighted by Gasteiger charge is 2.28. The summed E-state index contributed by atoms with van der Waals surface area (Å²) in [6.07, 6.45) is 0.673. The lowest BCUT2D eigenvalue weighted by Gasteiger charge is -2.30. The van der Waals surface area contributed by atoms with Gasteiger partial charge in [0.2, 0.25) is 17.7 Å². The van der Waals surface area contributed by atoms with Crippen molar-refractivity contribution in [2.24, 2.45) is 5.73 Å². The third-order valence-corrected chi connectivity index (χ3v) is 4.87. The van der Waals surface area contributed by atoms with E-state index in [-0.39, 0.29) is 30.0 Å². The molecule has 0 fully saturated rings. The van der Waals surface area contributed by atoms with E-state index in [9.17, 15) is 19.5 Å². The topological polar surface area (TPSA) is 134 Å². The van der Waals surface area contributed by atoms with Crippen molar-refractivity contribution in [2.75, 3.05) is 6.54 Å². The van der Waals surface area contributed by atoms with Gasteiger partial charge in [0.25, 0.3) is 0 Å². The molecule has 0 radical (unpaired) electrons. The summed E-state index contributed by atoms with van der Waals surface area (Å²) >= 11 is 0. The number of aromatic hydroxyl groups is 1. The van der Waals surface area contributed by atoms with Gasteiger partial charge < -0.3 is 26.8 Å². The standard InChI is InChI=1S/C24H32N4O4/c1-16(29)27-21(14-17-7-5-4-6-8-17)23(32)28-24(2,3)15-26-22(31)20(25)13-18-9-11-19(30)12-10-18/h4-12,20-21,30H,13-15,25H2,1-3H3,(H,26,31)(H,27,29)(H,28,32)/t20?,21-/m0/s1. The van der Waals surface area contributed by atoms with Crippen LogP contribution < -0.4 is 21.7 Å². The Kier molecular flexibility index (Phi) is 8.78. The van der Waals surface area contributed by atoms with Crippen LogP contribution in [0.25, 0.3) is 0 Å². The molecule has 172 valence electrons. The van der Waals surface area contributed by atoms with Gasteiger partial charge in [0.05, 0.1) is 11.6 Å². The first-order chi connectivity index (χ1) is 15.1. The molecule has 2 atom stereocenters. The Morgan fingerprint density at radius 3 is 2.12 bits per heavy atom. The molecule has 0 heterocycles. The summed E-state index contributed by atoms with van der Waals surface area (Å²) in [5.74, 6) is -0.832. The molecule has 0 saturated carbocycles. The first-order valence-corrected chi connectivity index (χ1v) is 10.5. The maximum absolute atomic E-state index is 12.9. The van der Waals surface area contributed by atoms with E-state index in [1.54, 1.807) is 38.1 Å². The van der Waals surface area contributed by atoms with Crippen LogP contribution in [0.5, 0.6) is 5.75 Å². The van der Waals surface area contributed by atoms with Gasteiger partial charge in [-0.2, -0.15) is 0 Å². The van der Waals surface area contributed by atoms with Crippen LogP contribution in [0.3, 0.4) is 0 Å². The normalized spacial score (nSPS) is 13.0. The lowest BCUT2D eigenvalue weighted by molar-refractivity contribution is -0.129. The molecule has 0 aromatic heterocycles. The summed E-state index contributed by atoms with van der Waals surface area (Å²) in [4.78, 5) is 36.9. The van der Waals surface area contributed by atoms with Crippen molar-refractivity contribution in [3.05, 3.63) is 65.7 Å². The molecular formula is C24H32N4O4. The summed E-state index contributed by atoms with van der Waals surface area (Å²) in [5, 5.41) is 17.7. The van der Waals surface area contributed by atoms with Gasteiger partial charge in [-0.3, -0.25) is 14.4 Å². The second kappa shape index (κ2) is 11.3. The maximum Gasteiger partial charge on any atom is 0.243 e. The minimum Gasteiger partial charge on any atom is -0.508 e. The number of carbonyl (C=O) groups excluding carboxylic acids is 3. The monoisotopic (exact) mass is 440 g/mol. The predicted octanol–water partition coefficient (Wildman–Crippen LogP) is 1.02. The van der Waals surface area contributed by atoms with Crippen LogP contribution in [0.1, 0.15) is 31.9 Å². The second-order valence-corrected chi connectivity index (χ2v) is 8.51. The van der Waals surface area contributed by atoms with Gasteiger partial charge in [0, 0.05) is 19.9 Å². The number of hydrogen-bond donors (Lipinski definition) is 5. The summed E-state index contributed by atoms with van der Waals surface area (Å²) in [5.41, 5.74) is 6.99. The molecule has 2 aromatic carbocycles. The zero-order chi connectivity index (χ0) is 23.7. The molecule has 2 rings (SSSR count). The smallest absolute Gasteiger partial charge is 0.243 e. The molecule has 1 unspecified atom stereocenters. The van der Waals surface area contributed by atoms with E-state index in [0.29, 0.717) is 12.8 Å². The quantitative estimate of drug-likeness (QED) is 0.376. The third-order valence-electron chi connectivity index (χ3n) is 4.87. The van der Waals surface area contributed by atoms with Crippen LogP contribution >= 0.6 is 0 Å². The van der Waals surface area contributed by atoms with E-state index in [0.717, 1.165) is 11.1 Å². The number of nitrogens with one attached hydrogen (secondary N) is 3.